The molecule has 3 N–H and O–H groups in total. The van der Waals surface area contributed by atoms with E-state index in [2.05, 4.69) is 15.3 Å². The van der Waals surface area contributed by atoms with Crippen LogP contribution in [0.25, 0.3) is 22.2 Å². The van der Waals surface area contributed by atoms with Gasteiger partial charge in [-0.15, -0.1) is 12.4 Å². The van der Waals surface area contributed by atoms with Gasteiger partial charge >= 0.3 is 0 Å². The standard InChI is InChI=1S/C15H14FN5.ClH/c1-21-6-10(12-14(17)19-7-20-15(12)21)8-2-3-11-9(13(8)16)4-5-18-11;/h2-3,6-7,18H,4-5H2,1H3,(H2,17,19,20);1H. The number of aryl methyl sites for hydroxylation is 1. The molecule has 0 saturated carbocycles. The van der Waals surface area contributed by atoms with Crippen molar-refractivity contribution in [2.45, 2.75) is 6.42 Å². The summed E-state index contributed by atoms with van der Waals surface area (Å²) in [6.07, 6.45) is 3.97. The predicted octanol–water partition coefficient (Wildman–Crippen LogP) is 2.75. The number of anilines is 2. The number of hydrogen-bond acceptors (Lipinski definition) is 4. The smallest absolute Gasteiger partial charge is 0.145 e. The van der Waals surface area contributed by atoms with Crippen molar-refractivity contribution in [1.82, 2.24) is 14.5 Å². The Bertz CT molecular complexity index is 874. The summed E-state index contributed by atoms with van der Waals surface area (Å²) in [7, 11) is 1.87. The van der Waals surface area contributed by atoms with Crippen LogP contribution in [0.15, 0.2) is 24.7 Å². The molecule has 2 aromatic heterocycles. The molecule has 5 nitrogen and oxygen atoms in total. The first-order chi connectivity index (χ1) is 10.2. The van der Waals surface area contributed by atoms with Gasteiger partial charge in [-0.2, -0.15) is 0 Å². The van der Waals surface area contributed by atoms with Crippen LogP contribution in [0.4, 0.5) is 15.9 Å². The quantitative estimate of drug-likeness (QED) is 0.723. The number of rotatable bonds is 1. The molecule has 0 atom stereocenters. The summed E-state index contributed by atoms with van der Waals surface area (Å²) in [6.45, 7) is 0.774. The van der Waals surface area contributed by atoms with Crippen LogP contribution >= 0.6 is 12.4 Å². The van der Waals surface area contributed by atoms with E-state index in [1.54, 1.807) is 6.07 Å². The van der Waals surface area contributed by atoms with E-state index in [9.17, 15) is 4.39 Å². The molecule has 0 saturated heterocycles. The Balaban J connectivity index is 0.00000144. The number of hydrogen-bond donors (Lipinski definition) is 2. The van der Waals surface area contributed by atoms with Gasteiger partial charge in [0.05, 0.1) is 5.39 Å². The summed E-state index contributed by atoms with van der Waals surface area (Å²) in [5, 5.41) is 3.88. The van der Waals surface area contributed by atoms with Gasteiger partial charge in [0.15, 0.2) is 0 Å². The number of aromatic nitrogens is 3. The Hall–Kier alpha value is -2.34. The Morgan fingerprint density at radius 3 is 2.91 bits per heavy atom. The maximum atomic E-state index is 14.8. The van der Waals surface area contributed by atoms with E-state index in [1.807, 2.05) is 23.9 Å². The summed E-state index contributed by atoms with van der Waals surface area (Å²) in [5.41, 5.74) is 9.57. The van der Waals surface area contributed by atoms with Crippen LogP contribution in [-0.2, 0) is 13.5 Å². The topological polar surface area (TPSA) is 68.8 Å². The first-order valence-electron chi connectivity index (χ1n) is 6.78. The van der Waals surface area contributed by atoms with Crippen LogP contribution in [0.5, 0.6) is 0 Å². The van der Waals surface area contributed by atoms with Crippen molar-refractivity contribution in [3.8, 4) is 11.1 Å². The fourth-order valence-corrected chi connectivity index (χ4v) is 3.00. The predicted molar refractivity (Wildman–Crippen MR) is 87.8 cm³/mol. The van der Waals surface area contributed by atoms with E-state index >= 15 is 0 Å². The molecule has 4 rings (SSSR count). The minimum Gasteiger partial charge on any atom is -0.384 e. The Labute approximate surface area is 132 Å². The van der Waals surface area contributed by atoms with Crippen molar-refractivity contribution in [3.63, 3.8) is 0 Å². The second kappa shape index (κ2) is 5.14. The molecule has 0 bridgehead atoms. The van der Waals surface area contributed by atoms with Crippen molar-refractivity contribution >= 4 is 34.9 Å². The van der Waals surface area contributed by atoms with Crippen molar-refractivity contribution in [1.29, 1.82) is 0 Å². The summed E-state index contributed by atoms with van der Waals surface area (Å²) < 4.78 is 16.6. The third-order valence-corrected chi connectivity index (χ3v) is 4.01. The van der Waals surface area contributed by atoms with Crippen molar-refractivity contribution < 1.29 is 4.39 Å². The maximum absolute atomic E-state index is 14.8. The maximum Gasteiger partial charge on any atom is 0.145 e. The molecule has 1 aliphatic rings. The number of fused-ring (bicyclic) bond motifs is 2. The van der Waals surface area contributed by atoms with Gasteiger partial charge in [-0.25, -0.2) is 14.4 Å². The summed E-state index contributed by atoms with van der Waals surface area (Å²) in [4.78, 5) is 8.25. The molecular weight excluding hydrogens is 305 g/mol. The highest BCUT2D eigenvalue weighted by molar-refractivity contribution is 6.01. The van der Waals surface area contributed by atoms with E-state index < -0.39 is 0 Å². The largest absolute Gasteiger partial charge is 0.384 e. The summed E-state index contributed by atoms with van der Waals surface area (Å²) in [6, 6.07) is 3.70. The molecule has 0 aliphatic carbocycles. The molecular formula is C15H15ClFN5. The normalized spacial score (nSPS) is 12.8. The second-order valence-electron chi connectivity index (χ2n) is 5.24. The van der Waals surface area contributed by atoms with Crippen molar-refractivity contribution in [3.05, 3.63) is 36.0 Å². The monoisotopic (exact) mass is 319 g/mol. The highest BCUT2D eigenvalue weighted by Gasteiger charge is 2.21. The van der Waals surface area contributed by atoms with Gasteiger partial charge in [0.1, 0.15) is 23.6 Å². The minimum absolute atomic E-state index is 0. The van der Waals surface area contributed by atoms with Gasteiger partial charge in [0.2, 0.25) is 0 Å². The minimum atomic E-state index is -0.187. The molecule has 114 valence electrons. The first-order valence-corrected chi connectivity index (χ1v) is 6.78. The molecule has 3 aromatic rings. The molecule has 0 radical (unpaired) electrons. The second-order valence-corrected chi connectivity index (χ2v) is 5.24. The molecule has 0 spiro atoms. The molecule has 0 unspecified atom stereocenters. The van der Waals surface area contributed by atoms with Gasteiger partial charge in [-0.1, -0.05) is 0 Å². The zero-order valence-corrected chi connectivity index (χ0v) is 12.7. The lowest BCUT2D eigenvalue weighted by Crippen LogP contribution is -1.95. The molecule has 1 aromatic carbocycles. The van der Waals surface area contributed by atoms with Crippen LogP contribution in [0.3, 0.4) is 0 Å². The lowest BCUT2D eigenvalue weighted by Gasteiger charge is -2.07. The zero-order valence-electron chi connectivity index (χ0n) is 11.9. The lowest BCUT2D eigenvalue weighted by atomic mass is 10.0. The van der Waals surface area contributed by atoms with E-state index in [1.165, 1.54) is 6.33 Å². The SMILES string of the molecule is Cl.Cn1cc(-c2ccc3c(c2F)CCN3)c2c(N)ncnc21. The van der Waals surface area contributed by atoms with Crippen LogP contribution in [0, 0.1) is 5.82 Å². The number of nitrogens with one attached hydrogen (secondary N) is 1. The van der Waals surface area contributed by atoms with Gasteiger partial charge < -0.3 is 15.6 Å². The molecule has 7 heteroatoms. The van der Waals surface area contributed by atoms with Crippen LogP contribution in [0.2, 0.25) is 0 Å². The van der Waals surface area contributed by atoms with Crippen molar-refractivity contribution in [2.75, 3.05) is 17.6 Å². The third kappa shape index (κ3) is 1.91. The van der Waals surface area contributed by atoms with Crippen LogP contribution in [-0.4, -0.2) is 21.1 Å². The average molecular weight is 320 g/mol. The Morgan fingerprint density at radius 2 is 2.09 bits per heavy atom. The zero-order chi connectivity index (χ0) is 14.6. The van der Waals surface area contributed by atoms with Gasteiger partial charge in [-0.3, -0.25) is 0 Å². The Morgan fingerprint density at radius 1 is 1.27 bits per heavy atom. The van der Waals surface area contributed by atoms with Gasteiger partial charge in [0.25, 0.3) is 0 Å². The molecule has 1 aliphatic heterocycles. The molecule has 0 amide bonds. The fraction of sp³-hybridized carbons (Fsp3) is 0.200. The van der Waals surface area contributed by atoms with Crippen molar-refractivity contribution in [2.24, 2.45) is 7.05 Å². The van der Waals surface area contributed by atoms with E-state index in [0.717, 1.165) is 23.4 Å². The van der Waals surface area contributed by atoms with Gasteiger partial charge in [0, 0.05) is 42.2 Å². The third-order valence-electron chi connectivity index (χ3n) is 4.01. The van der Waals surface area contributed by atoms with E-state index in [-0.39, 0.29) is 18.2 Å². The Kier molecular flexibility index (Phi) is 3.41. The molecule has 22 heavy (non-hydrogen) atoms. The average Bonchev–Trinajstić information content (AvgIpc) is 3.06. The number of benzene rings is 1. The van der Waals surface area contributed by atoms with Crippen LogP contribution < -0.4 is 11.1 Å². The number of nitrogens with zero attached hydrogens (tertiary/aromatic N) is 3. The lowest BCUT2D eigenvalue weighted by molar-refractivity contribution is 0.619. The van der Waals surface area contributed by atoms with E-state index in [0.29, 0.717) is 28.8 Å². The fourth-order valence-electron chi connectivity index (χ4n) is 3.00. The van der Waals surface area contributed by atoms with Gasteiger partial charge in [-0.05, 0) is 18.6 Å². The first kappa shape index (κ1) is 14.6. The number of nitrogens with two attached hydrogens (primary N) is 1. The number of halogens is 2. The summed E-state index contributed by atoms with van der Waals surface area (Å²) in [5.74, 6) is 0.182. The van der Waals surface area contributed by atoms with Crippen LogP contribution in [0.1, 0.15) is 5.56 Å². The highest BCUT2D eigenvalue weighted by atomic mass is 35.5. The highest BCUT2D eigenvalue weighted by Crippen LogP contribution is 2.37. The molecule has 0 fully saturated rings. The van der Waals surface area contributed by atoms with E-state index in [4.69, 9.17) is 5.73 Å². The molecule has 3 heterocycles. The number of nitrogen functional groups attached to an aromatic ring is 1. The summed E-state index contributed by atoms with van der Waals surface area (Å²) >= 11 is 0.